The quantitative estimate of drug-likeness (QED) is 0.737. The molecule has 0 radical (unpaired) electrons. The van der Waals surface area contributed by atoms with E-state index in [1.54, 1.807) is 0 Å². The summed E-state index contributed by atoms with van der Waals surface area (Å²) in [6, 6.07) is 2.66. The van der Waals surface area contributed by atoms with Crippen LogP contribution in [-0.4, -0.2) is 24.6 Å². The van der Waals surface area contributed by atoms with Crippen molar-refractivity contribution in [1.82, 2.24) is 10.3 Å². The number of pyridine rings is 1. The summed E-state index contributed by atoms with van der Waals surface area (Å²) in [7, 11) is 2.16. The zero-order valence-corrected chi connectivity index (χ0v) is 11.5. The minimum absolute atomic E-state index is 0.558. The number of nitrogens with zero attached hydrogens (tertiary/aromatic N) is 2. The maximum Gasteiger partial charge on any atom is 0.0442 e. The standard InChI is InChI=1S/C14H25N3/c1-5-8-15-10-13-11-16-9-7-14(13)17(4)12(3)6-2/h7,9,11-12,15H,5-6,8,10H2,1-4H3. The van der Waals surface area contributed by atoms with Gasteiger partial charge in [0.25, 0.3) is 0 Å². The van der Waals surface area contributed by atoms with Crippen LogP contribution >= 0.6 is 0 Å². The van der Waals surface area contributed by atoms with Crippen molar-refractivity contribution >= 4 is 5.69 Å². The van der Waals surface area contributed by atoms with Gasteiger partial charge in [-0.2, -0.15) is 0 Å². The lowest BCUT2D eigenvalue weighted by molar-refractivity contribution is 0.646. The zero-order chi connectivity index (χ0) is 12.7. The molecule has 0 aliphatic rings. The van der Waals surface area contributed by atoms with Crippen molar-refractivity contribution < 1.29 is 0 Å². The number of hydrogen-bond donors (Lipinski definition) is 1. The Morgan fingerprint density at radius 1 is 1.41 bits per heavy atom. The molecule has 3 nitrogen and oxygen atoms in total. The van der Waals surface area contributed by atoms with Crippen LogP contribution in [0.2, 0.25) is 0 Å². The van der Waals surface area contributed by atoms with E-state index in [1.807, 2.05) is 12.4 Å². The van der Waals surface area contributed by atoms with Crippen molar-refractivity contribution in [2.75, 3.05) is 18.5 Å². The van der Waals surface area contributed by atoms with Crippen molar-refractivity contribution in [2.24, 2.45) is 0 Å². The van der Waals surface area contributed by atoms with Gasteiger partial charge >= 0.3 is 0 Å². The molecule has 0 bridgehead atoms. The molecule has 96 valence electrons. The molecule has 1 aromatic heterocycles. The highest BCUT2D eigenvalue weighted by atomic mass is 15.1. The van der Waals surface area contributed by atoms with Crippen molar-refractivity contribution in [3.05, 3.63) is 24.0 Å². The van der Waals surface area contributed by atoms with Crippen molar-refractivity contribution in [1.29, 1.82) is 0 Å². The number of hydrogen-bond acceptors (Lipinski definition) is 3. The molecular formula is C14H25N3. The van der Waals surface area contributed by atoms with Gasteiger partial charge in [0.05, 0.1) is 0 Å². The van der Waals surface area contributed by atoms with E-state index in [4.69, 9.17) is 0 Å². The number of anilines is 1. The minimum Gasteiger partial charge on any atom is -0.372 e. The van der Waals surface area contributed by atoms with Crippen LogP contribution in [0.1, 0.15) is 39.2 Å². The molecule has 0 aliphatic carbocycles. The molecule has 17 heavy (non-hydrogen) atoms. The molecular weight excluding hydrogens is 210 g/mol. The molecule has 0 saturated carbocycles. The van der Waals surface area contributed by atoms with Gasteiger partial charge in [-0.25, -0.2) is 0 Å². The predicted octanol–water partition coefficient (Wildman–Crippen LogP) is 2.82. The Bertz CT molecular complexity index is 325. The maximum absolute atomic E-state index is 4.22. The van der Waals surface area contributed by atoms with Crippen LogP contribution in [0.4, 0.5) is 5.69 Å². The number of nitrogens with one attached hydrogen (secondary N) is 1. The average molecular weight is 235 g/mol. The first-order valence-corrected chi connectivity index (χ1v) is 6.57. The molecule has 0 spiro atoms. The summed E-state index contributed by atoms with van der Waals surface area (Å²) in [4.78, 5) is 6.56. The van der Waals surface area contributed by atoms with Crippen molar-refractivity contribution in [3.63, 3.8) is 0 Å². The summed E-state index contributed by atoms with van der Waals surface area (Å²) >= 11 is 0. The Morgan fingerprint density at radius 3 is 2.82 bits per heavy atom. The van der Waals surface area contributed by atoms with Gasteiger partial charge in [0, 0.05) is 43.3 Å². The summed E-state index contributed by atoms with van der Waals surface area (Å²) < 4.78 is 0. The monoisotopic (exact) mass is 235 g/mol. The van der Waals surface area contributed by atoms with E-state index in [0.29, 0.717) is 6.04 Å². The number of aromatic nitrogens is 1. The van der Waals surface area contributed by atoms with E-state index in [2.05, 4.69) is 49.1 Å². The van der Waals surface area contributed by atoms with Crippen LogP contribution in [0.15, 0.2) is 18.5 Å². The van der Waals surface area contributed by atoms with E-state index in [-0.39, 0.29) is 0 Å². The lowest BCUT2D eigenvalue weighted by Gasteiger charge is -2.28. The fourth-order valence-corrected chi connectivity index (χ4v) is 1.81. The van der Waals surface area contributed by atoms with Gasteiger partial charge in [0.2, 0.25) is 0 Å². The topological polar surface area (TPSA) is 28.2 Å². The Kier molecular flexibility index (Phi) is 5.98. The van der Waals surface area contributed by atoms with E-state index >= 15 is 0 Å². The largest absolute Gasteiger partial charge is 0.372 e. The SMILES string of the molecule is CCCNCc1cnccc1N(C)C(C)CC. The van der Waals surface area contributed by atoms with E-state index in [9.17, 15) is 0 Å². The Balaban J connectivity index is 2.76. The first kappa shape index (κ1) is 14.0. The molecule has 0 amide bonds. The third-order valence-electron chi connectivity index (χ3n) is 3.25. The Morgan fingerprint density at radius 2 is 2.18 bits per heavy atom. The third-order valence-corrected chi connectivity index (χ3v) is 3.25. The van der Waals surface area contributed by atoms with Crippen molar-refractivity contribution in [2.45, 2.75) is 46.2 Å². The van der Waals surface area contributed by atoms with Gasteiger partial charge in [-0.15, -0.1) is 0 Å². The van der Waals surface area contributed by atoms with Gasteiger partial charge in [-0.05, 0) is 32.4 Å². The second-order valence-electron chi connectivity index (χ2n) is 4.55. The normalized spacial score (nSPS) is 12.5. The Labute approximate surface area is 105 Å². The fraction of sp³-hybridized carbons (Fsp3) is 0.643. The predicted molar refractivity (Wildman–Crippen MR) is 74.4 cm³/mol. The maximum atomic E-state index is 4.22. The molecule has 1 heterocycles. The molecule has 0 saturated heterocycles. The fourth-order valence-electron chi connectivity index (χ4n) is 1.81. The molecule has 1 aromatic rings. The summed E-state index contributed by atoms with van der Waals surface area (Å²) in [6.45, 7) is 8.61. The smallest absolute Gasteiger partial charge is 0.0442 e. The summed E-state index contributed by atoms with van der Waals surface area (Å²) in [5.74, 6) is 0. The van der Waals surface area contributed by atoms with Gasteiger partial charge in [-0.3, -0.25) is 4.98 Å². The van der Waals surface area contributed by atoms with Gasteiger partial charge in [0.15, 0.2) is 0 Å². The highest BCUT2D eigenvalue weighted by molar-refractivity contribution is 5.52. The second-order valence-corrected chi connectivity index (χ2v) is 4.55. The molecule has 1 atom stereocenters. The second kappa shape index (κ2) is 7.28. The van der Waals surface area contributed by atoms with E-state index in [0.717, 1.165) is 25.9 Å². The molecule has 0 aliphatic heterocycles. The third kappa shape index (κ3) is 4.00. The summed E-state index contributed by atoms with van der Waals surface area (Å²) in [5.41, 5.74) is 2.57. The molecule has 0 fully saturated rings. The highest BCUT2D eigenvalue weighted by Crippen LogP contribution is 2.20. The van der Waals surface area contributed by atoms with E-state index < -0.39 is 0 Å². The van der Waals surface area contributed by atoms with Crippen LogP contribution < -0.4 is 10.2 Å². The summed E-state index contributed by atoms with van der Waals surface area (Å²) in [6.07, 6.45) is 6.16. The molecule has 3 heteroatoms. The van der Waals surface area contributed by atoms with Gasteiger partial charge in [0.1, 0.15) is 0 Å². The Hall–Kier alpha value is -1.09. The van der Waals surface area contributed by atoms with Gasteiger partial charge < -0.3 is 10.2 Å². The molecule has 1 N–H and O–H groups in total. The first-order chi connectivity index (χ1) is 8.20. The van der Waals surface area contributed by atoms with E-state index in [1.165, 1.54) is 11.3 Å². The average Bonchev–Trinajstić information content (AvgIpc) is 2.38. The van der Waals surface area contributed by atoms with Crippen LogP contribution in [0.5, 0.6) is 0 Å². The van der Waals surface area contributed by atoms with Crippen LogP contribution in [0.25, 0.3) is 0 Å². The van der Waals surface area contributed by atoms with Gasteiger partial charge in [-0.1, -0.05) is 13.8 Å². The zero-order valence-electron chi connectivity index (χ0n) is 11.5. The first-order valence-electron chi connectivity index (χ1n) is 6.57. The van der Waals surface area contributed by atoms with Crippen LogP contribution in [0, 0.1) is 0 Å². The molecule has 0 aromatic carbocycles. The lowest BCUT2D eigenvalue weighted by Crippen LogP contribution is -2.29. The van der Waals surface area contributed by atoms with Crippen LogP contribution in [0.3, 0.4) is 0 Å². The highest BCUT2D eigenvalue weighted by Gasteiger charge is 2.11. The van der Waals surface area contributed by atoms with Crippen molar-refractivity contribution in [3.8, 4) is 0 Å². The molecule has 1 rings (SSSR count). The van der Waals surface area contributed by atoms with Crippen LogP contribution in [-0.2, 0) is 6.54 Å². The molecule has 1 unspecified atom stereocenters. The minimum atomic E-state index is 0.558. The summed E-state index contributed by atoms with van der Waals surface area (Å²) in [5, 5.41) is 3.44. The lowest BCUT2D eigenvalue weighted by atomic mass is 10.1. The number of rotatable bonds is 7.